The van der Waals surface area contributed by atoms with Gasteiger partial charge in [-0.25, -0.2) is 9.97 Å². The van der Waals surface area contributed by atoms with Crippen LogP contribution in [0.2, 0.25) is 0 Å². The zero-order valence-corrected chi connectivity index (χ0v) is 14.3. The lowest BCUT2D eigenvalue weighted by Gasteiger charge is -2.15. The number of carbonyl (C=O) groups excluding carboxylic acids is 1. The Bertz CT molecular complexity index is 1090. The fourth-order valence-electron chi connectivity index (χ4n) is 3.17. The highest BCUT2D eigenvalue weighted by molar-refractivity contribution is 5.92. The Balaban J connectivity index is 1.60. The number of hydrogen-bond acceptors (Lipinski definition) is 6. The summed E-state index contributed by atoms with van der Waals surface area (Å²) < 4.78 is 0. The van der Waals surface area contributed by atoms with Crippen LogP contribution in [-0.2, 0) is 0 Å². The average molecular weight is 364 g/mol. The number of rotatable bonds is 3. The molecule has 1 aliphatic heterocycles. The molecule has 1 saturated heterocycles. The van der Waals surface area contributed by atoms with Crippen molar-refractivity contribution in [2.75, 3.05) is 13.1 Å². The van der Waals surface area contributed by atoms with Gasteiger partial charge in [-0.3, -0.25) is 19.4 Å². The van der Waals surface area contributed by atoms with Crippen molar-refractivity contribution in [3.05, 3.63) is 75.2 Å². The number of pyridine rings is 1. The molecule has 0 aromatic carbocycles. The maximum absolute atomic E-state index is 12.5. The second-order valence-electron chi connectivity index (χ2n) is 6.26. The van der Waals surface area contributed by atoms with E-state index in [4.69, 9.17) is 0 Å². The zero-order chi connectivity index (χ0) is 18.8. The van der Waals surface area contributed by atoms with Crippen LogP contribution in [0.15, 0.2) is 52.6 Å². The van der Waals surface area contributed by atoms with E-state index >= 15 is 0 Å². The van der Waals surface area contributed by atoms with Gasteiger partial charge in [-0.15, -0.1) is 0 Å². The summed E-state index contributed by atoms with van der Waals surface area (Å²) in [6.07, 6.45) is 6.59. The minimum Gasteiger partial charge on any atom is -0.337 e. The van der Waals surface area contributed by atoms with E-state index in [1.807, 2.05) is 0 Å². The van der Waals surface area contributed by atoms with Crippen LogP contribution >= 0.6 is 0 Å². The number of likely N-dealkylation sites (tertiary alicyclic amines) is 1. The Hall–Kier alpha value is -3.62. The SMILES string of the molecule is O=C(c1cnccn1)N1CCC(c2nc(-c3ccc[nH]c3=O)cc(=O)[nH]2)C1. The quantitative estimate of drug-likeness (QED) is 0.699. The molecule has 0 bridgehead atoms. The monoisotopic (exact) mass is 364 g/mol. The average Bonchev–Trinajstić information content (AvgIpc) is 3.18. The van der Waals surface area contributed by atoms with Gasteiger partial charge in [-0.2, -0.15) is 0 Å². The Morgan fingerprint density at radius 2 is 2.15 bits per heavy atom. The number of aromatic amines is 2. The Morgan fingerprint density at radius 3 is 2.93 bits per heavy atom. The van der Waals surface area contributed by atoms with Gasteiger partial charge < -0.3 is 14.9 Å². The molecule has 1 unspecified atom stereocenters. The van der Waals surface area contributed by atoms with Gasteiger partial charge in [0.05, 0.1) is 17.5 Å². The van der Waals surface area contributed by atoms with Crippen molar-refractivity contribution in [2.24, 2.45) is 0 Å². The van der Waals surface area contributed by atoms with Crippen LogP contribution in [0.25, 0.3) is 11.3 Å². The van der Waals surface area contributed by atoms with E-state index in [9.17, 15) is 14.4 Å². The minimum atomic E-state index is -0.336. The molecule has 4 rings (SSSR count). The van der Waals surface area contributed by atoms with Crippen molar-refractivity contribution in [1.82, 2.24) is 29.8 Å². The van der Waals surface area contributed by atoms with Crippen molar-refractivity contribution in [1.29, 1.82) is 0 Å². The molecule has 1 atom stereocenters. The maximum atomic E-state index is 12.5. The lowest BCUT2D eigenvalue weighted by atomic mass is 10.1. The minimum absolute atomic E-state index is 0.124. The van der Waals surface area contributed by atoms with Gasteiger partial charge in [-0.05, 0) is 18.6 Å². The molecule has 0 radical (unpaired) electrons. The van der Waals surface area contributed by atoms with Crippen molar-refractivity contribution >= 4 is 5.91 Å². The lowest BCUT2D eigenvalue weighted by Crippen LogP contribution is -2.29. The van der Waals surface area contributed by atoms with E-state index in [1.165, 1.54) is 30.9 Å². The highest BCUT2D eigenvalue weighted by Crippen LogP contribution is 2.26. The number of nitrogens with one attached hydrogen (secondary N) is 2. The summed E-state index contributed by atoms with van der Waals surface area (Å²) >= 11 is 0. The molecule has 9 nitrogen and oxygen atoms in total. The molecule has 1 amide bonds. The molecule has 1 fully saturated rings. The molecule has 136 valence electrons. The first-order chi connectivity index (χ1) is 13.1. The van der Waals surface area contributed by atoms with Gasteiger partial charge >= 0.3 is 0 Å². The van der Waals surface area contributed by atoms with Gasteiger partial charge in [0.15, 0.2) is 0 Å². The van der Waals surface area contributed by atoms with Crippen LogP contribution in [0.4, 0.5) is 0 Å². The molecule has 0 aliphatic carbocycles. The van der Waals surface area contributed by atoms with E-state index in [1.54, 1.807) is 17.0 Å². The Labute approximate surface area is 153 Å². The van der Waals surface area contributed by atoms with Gasteiger partial charge in [0, 0.05) is 43.7 Å². The Morgan fingerprint density at radius 1 is 1.26 bits per heavy atom. The van der Waals surface area contributed by atoms with E-state index < -0.39 is 0 Å². The molecular weight excluding hydrogens is 348 g/mol. The summed E-state index contributed by atoms with van der Waals surface area (Å²) in [5, 5.41) is 0. The largest absolute Gasteiger partial charge is 0.337 e. The van der Waals surface area contributed by atoms with Gasteiger partial charge in [0.1, 0.15) is 11.5 Å². The third-order valence-corrected chi connectivity index (χ3v) is 4.50. The highest BCUT2D eigenvalue weighted by atomic mass is 16.2. The lowest BCUT2D eigenvalue weighted by molar-refractivity contribution is 0.0784. The van der Waals surface area contributed by atoms with Crippen molar-refractivity contribution < 1.29 is 4.79 Å². The molecule has 0 saturated carbocycles. The van der Waals surface area contributed by atoms with Crippen LogP contribution in [0.3, 0.4) is 0 Å². The van der Waals surface area contributed by atoms with Crippen LogP contribution in [0.1, 0.15) is 28.7 Å². The van der Waals surface area contributed by atoms with E-state index in [-0.39, 0.29) is 28.6 Å². The van der Waals surface area contributed by atoms with Crippen LogP contribution < -0.4 is 11.1 Å². The molecule has 27 heavy (non-hydrogen) atoms. The van der Waals surface area contributed by atoms with Gasteiger partial charge in [0.25, 0.3) is 17.0 Å². The molecule has 9 heteroatoms. The summed E-state index contributed by atoms with van der Waals surface area (Å²) in [6, 6.07) is 4.59. The molecule has 1 aliphatic rings. The summed E-state index contributed by atoms with van der Waals surface area (Å²) in [6.45, 7) is 0.937. The summed E-state index contributed by atoms with van der Waals surface area (Å²) in [7, 11) is 0. The maximum Gasteiger partial charge on any atom is 0.274 e. The van der Waals surface area contributed by atoms with Crippen LogP contribution in [0.5, 0.6) is 0 Å². The van der Waals surface area contributed by atoms with Gasteiger partial charge in [0.2, 0.25) is 0 Å². The number of H-pyrrole nitrogens is 2. The predicted molar refractivity (Wildman–Crippen MR) is 96.2 cm³/mol. The summed E-state index contributed by atoms with van der Waals surface area (Å²) in [5.41, 5.74) is 0.276. The van der Waals surface area contributed by atoms with Crippen molar-refractivity contribution in [3.63, 3.8) is 0 Å². The number of amides is 1. The zero-order valence-electron chi connectivity index (χ0n) is 14.3. The predicted octanol–water partition coefficient (Wildman–Crippen LogP) is 0.545. The summed E-state index contributed by atoms with van der Waals surface area (Å²) in [5.74, 6) is 0.139. The summed E-state index contributed by atoms with van der Waals surface area (Å²) in [4.78, 5) is 56.0. The van der Waals surface area contributed by atoms with E-state index in [0.29, 0.717) is 36.6 Å². The molecule has 3 aromatic heterocycles. The normalized spacial score (nSPS) is 16.4. The first kappa shape index (κ1) is 16.8. The first-order valence-electron chi connectivity index (χ1n) is 8.46. The van der Waals surface area contributed by atoms with Crippen molar-refractivity contribution in [2.45, 2.75) is 12.3 Å². The topological polar surface area (TPSA) is 125 Å². The number of hydrogen-bond donors (Lipinski definition) is 2. The second-order valence-corrected chi connectivity index (χ2v) is 6.26. The van der Waals surface area contributed by atoms with Gasteiger partial charge in [-0.1, -0.05) is 0 Å². The number of nitrogens with zero attached hydrogens (tertiary/aromatic N) is 4. The van der Waals surface area contributed by atoms with Crippen LogP contribution in [-0.4, -0.2) is 48.8 Å². The molecule has 0 spiro atoms. The molecular formula is C18H16N6O3. The first-order valence-corrected chi connectivity index (χ1v) is 8.46. The Kier molecular flexibility index (Phi) is 4.33. The highest BCUT2D eigenvalue weighted by Gasteiger charge is 2.30. The molecule has 2 N–H and O–H groups in total. The standard InChI is InChI=1S/C18H16N6O3/c25-15-8-13(12-2-1-4-21-17(12)26)22-16(23-15)11-3-7-24(10-11)18(27)14-9-19-5-6-20-14/h1-2,4-6,8-9,11H,3,7,10H2,(H,21,26)(H,22,23,25). The smallest absolute Gasteiger partial charge is 0.274 e. The molecule has 3 aromatic rings. The molecule has 4 heterocycles. The number of aromatic nitrogens is 5. The van der Waals surface area contributed by atoms with Crippen LogP contribution in [0, 0.1) is 0 Å². The fourth-order valence-corrected chi connectivity index (χ4v) is 3.17. The van der Waals surface area contributed by atoms with E-state index in [2.05, 4.69) is 24.9 Å². The second kappa shape index (κ2) is 6.94. The fraction of sp³-hybridized carbons (Fsp3) is 0.222. The third-order valence-electron chi connectivity index (χ3n) is 4.50. The third kappa shape index (κ3) is 3.39. The van der Waals surface area contributed by atoms with E-state index in [0.717, 1.165) is 0 Å². The number of carbonyl (C=O) groups is 1. The van der Waals surface area contributed by atoms with Crippen molar-refractivity contribution in [3.8, 4) is 11.3 Å².